The Bertz CT molecular complexity index is 898. The van der Waals surface area contributed by atoms with E-state index in [0.29, 0.717) is 22.1 Å². The summed E-state index contributed by atoms with van der Waals surface area (Å²) in [5.41, 5.74) is 9.53. The number of carbonyl (C=O) groups is 1. The van der Waals surface area contributed by atoms with Crippen molar-refractivity contribution in [1.82, 2.24) is 9.78 Å². The summed E-state index contributed by atoms with van der Waals surface area (Å²) in [4.78, 5) is 13.6. The summed E-state index contributed by atoms with van der Waals surface area (Å²) < 4.78 is 1.57. The third-order valence-electron chi connectivity index (χ3n) is 3.85. The summed E-state index contributed by atoms with van der Waals surface area (Å²) in [6.07, 6.45) is 0. The van der Waals surface area contributed by atoms with Crippen molar-refractivity contribution in [2.75, 3.05) is 11.1 Å². The van der Waals surface area contributed by atoms with Crippen molar-refractivity contribution in [3.05, 3.63) is 65.2 Å². The number of rotatable bonds is 4. The van der Waals surface area contributed by atoms with E-state index in [1.165, 1.54) is 17.3 Å². The molecule has 0 radical (unpaired) electrons. The average Bonchev–Trinajstić information content (AvgIpc) is 2.85. The zero-order chi connectivity index (χ0) is 18.0. The van der Waals surface area contributed by atoms with Gasteiger partial charge < -0.3 is 11.1 Å². The van der Waals surface area contributed by atoms with Crippen LogP contribution in [0.4, 0.5) is 11.5 Å². The molecule has 25 heavy (non-hydrogen) atoms. The van der Waals surface area contributed by atoms with E-state index >= 15 is 0 Å². The SMILES string of the molecule is Cc1ccc(Sc2nn(C)c(N)c2NC(=O)c2ccc(C)cc2)cc1. The number of benzene rings is 2. The third kappa shape index (κ3) is 3.85. The van der Waals surface area contributed by atoms with Crippen LogP contribution in [-0.2, 0) is 7.05 Å². The summed E-state index contributed by atoms with van der Waals surface area (Å²) in [6, 6.07) is 15.5. The first-order valence-corrected chi connectivity index (χ1v) is 8.70. The molecule has 0 aliphatic carbocycles. The van der Waals surface area contributed by atoms with Crippen LogP contribution in [0.2, 0.25) is 0 Å². The molecule has 2 aromatic carbocycles. The minimum absolute atomic E-state index is 0.203. The molecule has 6 heteroatoms. The maximum atomic E-state index is 12.5. The molecule has 1 heterocycles. The first kappa shape index (κ1) is 17.1. The highest BCUT2D eigenvalue weighted by molar-refractivity contribution is 7.99. The van der Waals surface area contributed by atoms with Crippen LogP contribution in [0.15, 0.2) is 58.5 Å². The number of amides is 1. The maximum absolute atomic E-state index is 12.5. The molecule has 0 unspecified atom stereocenters. The standard InChI is InChI=1S/C19H20N4OS/c1-12-4-8-14(9-5-12)18(24)21-16-17(20)23(3)22-19(16)25-15-10-6-13(2)7-11-15/h4-11H,20H2,1-3H3,(H,21,24). The molecular weight excluding hydrogens is 332 g/mol. The van der Waals surface area contributed by atoms with Gasteiger partial charge in [-0.1, -0.05) is 47.2 Å². The molecule has 0 atom stereocenters. The van der Waals surface area contributed by atoms with Gasteiger partial charge in [-0.05, 0) is 38.1 Å². The van der Waals surface area contributed by atoms with Crippen LogP contribution in [0.3, 0.4) is 0 Å². The summed E-state index contributed by atoms with van der Waals surface area (Å²) >= 11 is 1.47. The van der Waals surface area contributed by atoms with Gasteiger partial charge in [0.15, 0.2) is 0 Å². The molecule has 5 nitrogen and oxygen atoms in total. The average molecular weight is 352 g/mol. The van der Waals surface area contributed by atoms with Gasteiger partial charge in [0, 0.05) is 17.5 Å². The molecule has 0 bridgehead atoms. The Labute approximate surface area is 151 Å². The Morgan fingerprint density at radius 2 is 1.60 bits per heavy atom. The van der Waals surface area contributed by atoms with Crippen LogP contribution in [0.1, 0.15) is 21.5 Å². The molecule has 0 aliphatic rings. The summed E-state index contributed by atoms with van der Waals surface area (Å²) in [5.74, 6) is 0.223. The minimum Gasteiger partial charge on any atom is -0.382 e. The molecule has 128 valence electrons. The van der Waals surface area contributed by atoms with E-state index in [9.17, 15) is 4.79 Å². The van der Waals surface area contributed by atoms with Gasteiger partial charge in [0.05, 0.1) is 0 Å². The van der Waals surface area contributed by atoms with Crippen molar-refractivity contribution >= 4 is 29.2 Å². The number of aromatic nitrogens is 2. The second-order valence-corrected chi connectivity index (χ2v) is 6.99. The van der Waals surface area contributed by atoms with E-state index in [1.54, 1.807) is 23.9 Å². The fraction of sp³-hybridized carbons (Fsp3) is 0.158. The van der Waals surface area contributed by atoms with Crippen LogP contribution < -0.4 is 11.1 Å². The molecule has 0 saturated carbocycles. The molecule has 0 aliphatic heterocycles. The number of carbonyl (C=O) groups excluding carboxylic acids is 1. The largest absolute Gasteiger partial charge is 0.382 e. The minimum atomic E-state index is -0.203. The number of hydrogen-bond acceptors (Lipinski definition) is 4. The number of nitrogens with two attached hydrogens (primary N) is 1. The first-order chi connectivity index (χ1) is 11.9. The monoisotopic (exact) mass is 352 g/mol. The van der Waals surface area contributed by atoms with Crippen molar-refractivity contribution < 1.29 is 4.79 Å². The molecule has 1 aromatic heterocycles. The van der Waals surface area contributed by atoms with Crippen LogP contribution in [0.5, 0.6) is 0 Å². The van der Waals surface area contributed by atoms with E-state index in [0.717, 1.165) is 10.5 Å². The Morgan fingerprint density at radius 1 is 1.04 bits per heavy atom. The van der Waals surface area contributed by atoms with Gasteiger partial charge in [0.2, 0.25) is 0 Å². The molecule has 3 rings (SSSR count). The van der Waals surface area contributed by atoms with Crippen molar-refractivity contribution in [3.63, 3.8) is 0 Å². The number of anilines is 2. The van der Waals surface area contributed by atoms with Crippen LogP contribution >= 0.6 is 11.8 Å². The fourth-order valence-electron chi connectivity index (χ4n) is 2.31. The maximum Gasteiger partial charge on any atom is 0.255 e. The van der Waals surface area contributed by atoms with Crippen molar-refractivity contribution in [2.24, 2.45) is 7.05 Å². The van der Waals surface area contributed by atoms with Crippen LogP contribution in [-0.4, -0.2) is 15.7 Å². The van der Waals surface area contributed by atoms with Gasteiger partial charge in [0.25, 0.3) is 5.91 Å². The summed E-state index contributed by atoms with van der Waals surface area (Å²) in [7, 11) is 1.76. The lowest BCUT2D eigenvalue weighted by molar-refractivity contribution is 0.102. The smallest absolute Gasteiger partial charge is 0.255 e. The fourth-order valence-corrected chi connectivity index (χ4v) is 3.23. The van der Waals surface area contributed by atoms with Gasteiger partial charge in [-0.25, -0.2) is 0 Å². The molecule has 0 spiro atoms. The Kier molecular flexibility index (Phi) is 4.81. The first-order valence-electron chi connectivity index (χ1n) is 7.89. The van der Waals surface area contributed by atoms with E-state index in [2.05, 4.69) is 10.4 Å². The lowest BCUT2D eigenvalue weighted by atomic mass is 10.1. The highest BCUT2D eigenvalue weighted by Crippen LogP contribution is 2.36. The number of nitrogens with zero attached hydrogens (tertiary/aromatic N) is 2. The second-order valence-electron chi connectivity index (χ2n) is 5.92. The molecule has 0 fully saturated rings. The Balaban J connectivity index is 1.86. The number of nitrogens with one attached hydrogen (secondary N) is 1. The van der Waals surface area contributed by atoms with Gasteiger partial charge in [-0.3, -0.25) is 9.48 Å². The number of hydrogen-bond donors (Lipinski definition) is 2. The topological polar surface area (TPSA) is 72.9 Å². The van der Waals surface area contributed by atoms with Crippen molar-refractivity contribution in [2.45, 2.75) is 23.8 Å². The third-order valence-corrected chi connectivity index (χ3v) is 4.83. The molecule has 0 saturated heterocycles. The molecule has 3 aromatic rings. The highest BCUT2D eigenvalue weighted by Gasteiger charge is 2.18. The van der Waals surface area contributed by atoms with Crippen molar-refractivity contribution in [1.29, 1.82) is 0 Å². The van der Waals surface area contributed by atoms with Gasteiger partial charge in [0.1, 0.15) is 16.5 Å². The van der Waals surface area contributed by atoms with Gasteiger partial charge in [-0.2, -0.15) is 5.10 Å². The Hall–Kier alpha value is -2.73. The molecule has 1 amide bonds. The van der Waals surface area contributed by atoms with Crippen molar-refractivity contribution in [3.8, 4) is 0 Å². The predicted octanol–water partition coefficient (Wildman–Crippen LogP) is 4.02. The van der Waals surface area contributed by atoms with E-state index in [4.69, 9.17) is 5.73 Å². The normalized spacial score (nSPS) is 10.7. The lowest BCUT2D eigenvalue weighted by Crippen LogP contribution is -2.13. The highest BCUT2D eigenvalue weighted by atomic mass is 32.2. The predicted molar refractivity (Wildman–Crippen MR) is 102 cm³/mol. The quantitative estimate of drug-likeness (QED) is 0.744. The summed E-state index contributed by atoms with van der Waals surface area (Å²) in [6.45, 7) is 4.03. The van der Waals surface area contributed by atoms with Gasteiger partial charge >= 0.3 is 0 Å². The van der Waals surface area contributed by atoms with Crippen LogP contribution in [0.25, 0.3) is 0 Å². The molecule has 3 N–H and O–H groups in total. The number of nitrogen functional groups attached to an aromatic ring is 1. The zero-order valence-electron chi connectivity index (χ0n) is 14.4. The molecular formula is C19H20N4OS. The number of aryl methyl sites for hydroxylation is 3. The second kappa shape index (κ2) is 7.03. The van der Waals surface area contributed by atoms with Gasteiger partial charge in [-0.15, -0.1) is 0 Å². The van der Waals surface area contributed by atoms with E-state index in [-0.39, 0.29) is 5.91 Å². The van der Waals surface area contributed by atoms with E-state index in [1.807, 2.05) is 50.2 Å². The Morgan fingerprint density at radius 3 is 2.20 bits per heavy atom. The van der Waals surface area contributed by atoms with E-state index < -0.39 is 0 Å². The zero-order valence-corrected chi connectivity index (χ0v) is 15.2. The summed E-state index contributed by atoms with van der Waals surface area (Å²) in [5, 5.41) is 8.00. The van der Waals surface area contributed by atoms with Crippen LogP contribution in [0, 0.1) is 13.8 Å². The lowest BCUT2D eigenvalue weighted by Gasteiger charge is -2.07.